The summed E-state index contributed by atoms with van der Waals surface area (Å²) < 4.78 is 15.9. The Balaban J connectivity index is 1.08. The molecule has 6 nitrogen and oxygen atoms in total. The van der Waals surface area contributed by atoms with E-state index in [2.05, 4.69) is 168 Å². The molecule has 4 aromatic heterocycles. The molecular formula is C58H36N4O2. The van der Waals surface area contributed by atoms with E-state index in [4.69, 9.17) is 23.8 Å². The summed E-state index contributed by atoms with van der Waals surface area (Å²) in [7, 11) is 0. The van der Waals surface area contributed by atoms with Gasteiger partial charge in [0, 0.05) is 43.9 Å². The number of rotatable bonds is 4. The van der Waals surface area contributed by atoms with Crippen molar-refractivity contribution in [3.63, 3.8) is 0 Å². The molecule has 1 aliphatic rings. The summed E-state index contributed by atoms with van der Waals surface area (Å²) in [5.41, 5.74) is 13.0. The predicted octanol–water partition coefficient (Wildman–Crippen LogP) is 15.0. The number of aromatic nitrogens is 4. The number of benzene rings is 9. The molecule has 0 bridgehead atoms. The van der Waals surface area contributed by atoms with Gasteiger partial charge in [-0.05, 0) is 94.4 Å². The van der Waals surface area contributed by atoms with Crippen molar-refractivity contribution in [3.05, 3.63) is 205 Å². The lowest BCUT2D eigenvalue weighted by Crippen LogP contribution is -2.11. The van der Waals surface area contributed by atoms with Crippen LogP contribution in [-0.4, -0.2) is 19.5 Å². The zero-order valence-electron chi connectivity index (χ0n) is 34.5. The van der Waals surface area contributed by atoms with Gasteiger partial charge in [0.1, 0.15) is 28.2 Å². The van der Waals surface area contributed by atoms with Crippen LogP contribution in [0.5, 0.6) is 0 Å². The van der Waals surface area contributed by atoms with E-state index < -0.39 is 0 Å². The van der Waals surface area contributed by atoms with Crippen molar-refractivity contribution in [1.82, 2.24) is 19.5 Å². The molecule has 0 saturated heterocycles. The molecule has 0 unspecified atom stereocenters. The van der Waals surface area contributed by atoms with Gasteiger partial charge in [0.2, 0.25) is 0 Å². The van der Waals surface area contributed by atoms with Crippen molar-refractivity contribution in [1.29, 1.82) is 0 Å². The Labute approximate surface area is 366 Å². The van der Waals surface area contributed by atoms with E-state index in [-0.39, 0.29) is 5.92 Å². The van der Waals surface area contributed by atoms with E-state index in [0.29, 0.717) is 17.5 Å². The lowest BCUT2D eigenvalue weighted by molar-refractivity contribution is 0.664. The molecule has 0 amide bonds. The van der Waals surface area contributed by atoms with Crippen molar-refractivity contribution in [3.8, 4) is 39.6 Å². The molecule has 0 N–H and O–H groups in total. The van der Waals surface area contributed by atoms with Crippen molar-refractivity contribution >= 4 is 76.5 Å². The quantitative estimate of drug-likeness (QED) is 0.177. The molecule has 13 aromatic rings. The topological polar surface area (TPSA) is 69.9 Å². The molecule has 1 atom stereocenters. The first-order valence-corrected chi connectivity index (χ1v) is 21.9. The van der Waals surface area contributed by atoms with Crippen LogP contribution in [0.15, 0.2) is 197 Å². The van der Waals surface area contributed by atoms with Crippen LogP contribution in [0.2, 0.25) is 0 Å². The van der Waals surface area contributed by atoms with E-state index in [1.165, 1.54) is 43.8 Å². The second-order valence-corrected chi connectivity index (χ2v) is 17.0. The second kappa shape index (κ2) is 13.6. The smallest absolute Gasteiger partial charge is 0.167 e. The zero-order valence-corrected chi connectivity index (χ0v) is 34.5. The second-order valence-electron chi connectivity index (χ2n) is 17.0. The van der Waals surface area contributed by atoms with Crippen molar-refractivity contribution in [2.24, 2.45) is 0 Å². The Bertz CT molecular complexity index is 4060. The highest BCUT2D eigenvalue weighted by molar-refractivity contribution is 6.15. The maximum absolute atomic E-state index is 6.87. The van der Waals surface area contributed by atoms with Gasteiger partial charge in [0.05, 0.1) is 22.2 Å². The van der Waals surface area contributed by atoms with Gasteiger partial charge in [-0.15, -0.1) is 0 Å². The van der Waals surface area contributed by atoms with Crippen LogP contribution < -0.4 is 0 Å². The third-order valence-electron chi connectivity index (χ3n) is 13.5. The normalized spacial score (nSPS) is 14.0. The fourth-order valence-corrected chi connectivity index (χ4v) is 10.5. The average Bonchev–Trinajstić information content (AvgIpc) is 3.99. The summed E-state index contributed by atoms with van der Waals surface area (Å²) >= 11 is 0. The van der Waals surface area contributed by atoms with Gasteiger partial charge in [-0.2, -0.15) is 0 Å². The number of fused-ring (bicyclic) bond motifs is 13. The van der Waals surface area contributed by atoms with Crippen molar-refractivity contribution in [2.45, 2.75) is 18.8 Å². The summed E-state index contributed by atoms with van der Waals surface area (Å²) in [4.78, 5) is 16.5. The third kappa shape index (κ3) is 5.23. The van der Waals surface area contributed by atoms with E-state index in [0.717, 1.165) is 84.6 Å². The minimum absolute atomic E-state index is 0.112. The third-order valence-corrected chi connectivity index (χ3v) is 13.5. The molecule has 14 rings (SSSR count). The molecule has 6 heteroatoms. The maximum Gasteiger partial charge on any atom is 0.167 e. The molecular weight excluding hydrogens is 785 g/mol. The first-order chi connectivity index (χ1) is 31.7. The molecule has 1 aliphatic carbocycles. The van der Waals surface area contributed by atoms with Crippen LogP contribution in [0.3, 0.4) is 0 Å². The van der Waals surface area contributed by atoms with Gasteiger partial charge >= 0.3 is 0 Å². The number of hydrogen-bond donors (Lipinski definition) is 0. The van der Waals surface area contributed by atoms with Gasteiger partial charge in [-0.25, -0.2) is 15.0 Å². The van der Waals surface area contributed by atoms with Crippen LogP contribution in [0, 0.1) is 0 Å². The van der Waals surface area contributed by atoms with E-state index in [1.807, 2.05) is 24.3 Å². The molecule has 0 spiro atoms. The van der Waals surface area contributed by atoms with Crippen LogP contribution in [0.4, 0.5) is 0 Å². The zero-order chi connectivity index (χ0) is 41.9. The first kappa shape index (κ1) is 35.3. The minimum Gasteiger partial charge on any atom is -0.455 e. The Hall–Kier alpha value is -8.35. The molecule has 64 heavy (non-hydrogen) atoms. The number of hydrogen-bond acceptors (Lipinski definition) is 5. The van der Waals surface area contributed by atoms with Crippen molar-refractivity contribution in [2.75, 3.05) is 0 Å². The van der Waals surface area contributed by atoms with Crippen LogP contribution in [-0.2, 0) is 6.42 Å². The van der Waals surface area contributed by atoms with Crippen LogP contribution >= 0.6 is 0 Å². The monoisotopic (exact) mass is 820 g/mol. The highest BCUT2D eigenvalue weighted by atomic mass is 16.3. The van der Waals surface area contributed by atoms with Crippen molar-refractivity contribution < 1.29 is 8.83 Å². The van der Waals surface area contributed by atoms with E-state index >= 15 is 0 Å². The lowest BCUT2D eigenvalue weighted by atomic mass is 9.90. The molecule has 4 heterocycles. The Kier molecular flexibility index (Phi) is 7.48. The first-order valence-electron chi connectivity index (χ1n) is 21.9. The fourth-order valence-electron chi connectivity index (χ4n) is 10.5. The lowest BCUT2D eigenvalue weighted by Gasteiger charge is -2.18. The Morgan fingerprint density at radius 1 is 0.422 bits per heavy atom. The highest BCUT2D eigenvalue weighted by Crippen LogP contribution is 2.44. The van der Waals surface area contributed by atoms with Crippen LogP contribution in [0.25, 0.3) is 116 Å². The van der Waals surface area contributed by atoms with Gasteiger partial charge in [0.25, 0.3) is 0 Å². The summed E-state index contributed by atoms with van der Waals surface area (Å²) in [5, 5.41) is 8.89. The van der Waals surface area contributed by atoms with Gasteiger partial charge in [-0.3, -0.25) is 0 Å². The largest absolute Gasteiger partial charge is 0.455 e. The van der Waals surface area contributed by atoms with Gasteiger partial charge < -0.3 is 13.4 Å². The molecule has 0 fully saturated rings. The predicted molar refractivity (Wildman–Crippen MR) is 259 cm³/mol. The molecule has 0 saturated carbocycles. The minimum atomic E-state index is -0.112. The number of nitrogens with zero attached hydrogens (tertiary/aromatic N) is 4. The number of furan rings is 2. The Morgan fingerprint density at radius 2 is 1.03 bits per heavy atom. The number of para-hydroxylation sites is 4. The fraction of sp³-hybridized carbons (Fsp3) is 0.0517. The van der Waals surface area contributed by atoms with Crippen LogP contribution in [0.1, 0.15) is 29.3 Å². The van der Waals surface area contributed by atoms with E-state index in [9.17, 15) is 0 Å². The summed E-state index contributed by atoms with van der Waals surface area (Å²) in [5.74, 6) is 1.71. The molecule has 0 radical (unpaired) electrons. The average molecular weight is 821 g/mol. The molecule has 0 aliphatic heterocycles. The molecule has 9 aromatic carbocycles. The Morgan fingerprint density at radius 3 is 1.86 bits per heavy atom. The van der Waals surface area contributed by atoms with E-state index in [1.54, 1.807) is 0 Å². The summed E-state index contributed by atoms with van der Waals surface area (Å²) in [6.45, 7) is 0. The van der Waals surface area contributed by atoms with Gasteiger partial charge in [-0.1, -0.05) is 140 Å². The summed E-state index contributed by atoms with van der Waals surface area (Å²) in [6.07, 6.45) is 1.72. The van der Waals surface area contributed by atoms with Gasteiger partial charge in [0.15, 0.2) is 11.6 Å². The SMILES string of the molecule is c1ccc2c(c1)CC[C@H](c1nc(-c3cccc4c3oc3ccccc34)nc(-c3cc(-n4c5ccccc5c5cc6ccccc6cc54)cc4c3oc3ccccc34)n1)c1ccccc1-2. The standard InChI is InChI=1S/C58H36N4O2/c1-2-16-36-31-51-47(30-35(36)15-1)41-20-7-10-25-50(41)62(51)37-32-48-43-22-9-12-27-53(43)64-55(48)49(33-37)58-60-56(45-29-28-34-14-3-4-17-38(34)39-18-5-6-19-40(39)45)59-57(61-58)46-24-13-23-44-42-21-8-11-26-52(42)63-54(44)46/h1-27,30-33,45H,28-29H2/t45-/m0/s1. The number of aryl methyl sites for hydroxylation is 1. The highest BCUT2D eigenvalue weighted by Gasteiger charge is 2.29. The summed E-state index contributed by atoms with van der Waals surface area (Å²) in [6, 6.07) is 66.6. The maximum atomic E-state index is 6.87. The molecule has 300 valence electrons.